The van der Waals surface area contributed by atoms with E-state index in [1.165, 1.54) is 0 Å². The lowest BCUT2D eigenvalue weighted by atomic mass is 10.2. The van der Waals surface area contributed by atoms with Gasteiger partial charge in [0.15, 0.2) is 0 Å². The first-order valence-corrected chi connectivity index (χ1v) is 5.05. The molecule has 4 N–H and O–H groups in total. The Kier molecular flexibility index (Phi) is 2.69. The number of nitrogens with zero attached hydrogens (tertiary/aromatic N) is 3. The summed E-state index contributed by atoms with van der Waals surface area (Å²) in [6.07, 6.45) is 2.60. The van der Waals surface area contributed by atoms with E-state index < -0.39 is 6.09 Å². The van der Waals surface area contributed by atoms with Crippen molar-refractivity contribution in [3.8, 4) is 0 Å². The molecule has 16 heavy (non-hydrogen) atoms. The van der Waals surface area contributed by atoms with Crippen molar-refractivity contribution in [1.29, 1.82) is 0 Å². The summed E-state index contributed by atoms with van der Waals surface area (Å²) >= 11 is 0. The van der Waals surface area contributed by atoms with Crippen LogP contribution in [0.2, 0.25) is 0 Å². The van der Waals surface area contributed by atoms with E-state index in [1.807, 2.05) is 18.1 Å². The maximum atomic E-state index is 10.5. The second-order valence-corrected chi connectivity index (χ2v) is 4.00. The molecule has 2 atom stereocenters. The number of carboxylic acid groups (broad SMARTS) is 1. The zero-order valence-electron chi connectivity index (χ0n) is 9.00. The predicted octanol–water partition coefficient (Wildman–Crippen LogP) is -0.796. The van der Waals surface area contributed by atoms with Gasteiger partial charge in [0.05, 0.1) is 17.9 Å². The quantitative estimate of drug-likeness (QED) is 0.612. The van der Waals surface area contributed by atoms with Crippen LogP contribution >= 0.6 is 0 Å². The third-order valence-electron chi connectivity index (χ3n) is 2.73. The molecule has 1 aliphatic heterocycles. The van der Waals surface area contributed by atoms with Gasteiger partial charge in [-0.05, 0) is 0 Å². The van der Waals surface area contributed by atoms with Crippen LogP contribution in [0, 0.1) is 0 Å². The molecule has 0 spiro atoms. The van der Waals surface area contributed by atoms with Gasteiger partial charge in [-0.25, -0.2) is 4.79 Å². The number of aromatic nitrogens is 2. The molecule has 2 rings (SSSR count). The Morgan fingerprint density at radius 2 is 2.44 bits per heavy atom. The van der Waals surface area contributed by atoms with E-state index in [9.17, 15) is 4.79 Å². The molecular formula is C9H15N5O2. The molecule has 0 aromatic carbocycles. The molecule has 0 bridgehead atoms. The van der Waals surface area contributed by atoms with E-state index in [1.54, 1.807) is 10.9 Å². The molecule has 1 amide bonds. The van der Waals surface area contributed by atoms with Crippen LogP contribution in [0.3, 0.4) is 0 Å². The lowest BCUT2D eigenvalue weighted by Gasteiger charge is -2.15. The van der Waals surface area contributed by atoms with Crippen LogP contribution < -0.4 is 16.0 Å². The van der Waals surface area contributed by atoms with Crippen molar-refractivity contribution in [3.05, 3.63) is 12.4 Å². The van der Waals surface area contributed by atoms with E-state index in [0.29, 0.717) is 13.1 Å². The Bertz CT molecular complexity index is 391. The van der Waals surface area contributed by atoms with E-state index >= 15 is 0 Å². The van der Waals surface area contributed by atoms with Crippen LogP contribution in [-0.4, -0.2) is 46.2 Å². The molecule has 7 nitrogen and oxygen atoms in total. The molecule has 0 radical (unpaired) electrons. The molecule has 1 saturated heterocycles. The van der Waals surface area contributed by atoms with E-state index in [4.69, 9.17) is 10.8 Å². The normalized spacial score (nSPS) is 24.8. The monoisotopic (exact) mass is 225 g/mol. The number of carbonyl (C=O) groups is 1. The van der Waals surface area contributed by atoms with Gasteiger partial charge in [-0.1, -0.05) is 0 Å². The number of rotatable bonds is 2. The zero-order valence-corrected chi connectivity index (χ0v) is 9.00. The lowest BCUT2D eigenvalue weighted by Crippen LogP contribution is -2.46. The number of nitrogens with two attached hydrogens (primary N) is 1. The van der Waals surface area contributed by atoms with Gasteiger partial charge in [-0.3, -0.25) is 4.68 Å². The first-order valence-electron chi connectivity index (χ1n) is 5.05. The summed E-state index contributed by atoms with van der Waals surface area (Å²) in [5.41, 5.74) is 6.83. The van der Waals surface area contributed by atoms with Crippen molar-refractivity contribution in [2.24, 2.45) is 12.8 Å². The van der Waals surface area contributed by atoms with Crippen LogP contribution in [0.25, 0.3) is 0 Å². The van der Waals surface area contributed by atoms with E-state index in [2.05, 4.69) is 10.4 Å². The minimum Gasteiger partial charge on any atom is -0.465 e. The lowest BCUT2D eigenvalue weighted by molar-refractivity contribution is 0.190. The highest BCUT2D eigenvalue weighted by molar-refractivity contribution is 5.65. The molecule has 2 heterocycles. The SMILES string of the molecule is Cn1cc(N2C[C@@H](N)[C@@H](NC(=O)O)C2)cn1. The molecule has 1 aliphatic rings. The van der Waals surface area contributed by atoms with Gasteiger partial charge >= 0.3 is 6.09 Å². The average molecular weight is 225 g/mol. The highest BCUT2D eigenvalue weighted by Crippen LogP contribution is 2.18. The summed E-state index contributed by atoms with van der Waals surface area (Å²) in [6, 6.07) is -0.408. The standard InChI is InChI=1S/C9H15N5O2/c1-13-3-6(2-11-13)14-4-7(10)8(5-14)12-9(15)16/h2-3,7-8,12H,4-5,10H2,1H3,(H,15,16)/t7-,8+/m1/s1. The Labute approximate surface area is 92.8 Å². The second kappa shape index (κ2) is 4.01. The van der Waals surface area contributed by atoms with Crippen LogP contribution in [0.1, 0.15) is 0 Å². The van der Waals surface area contributed by atoms with Crippen molar-refractivity contribution in [2.45, 2.75) is 12.1 Å². The zero-order chi connectivity index (χ0) is 11.7. The number of hydrogen-bond acceptors (Lipinski definition) is 4. The number of amides is 1. The first-order chi connectivity index (χ1) is 7.56. The molecule has 0 saturated carbocycles. The maximum Gasteiger partial charge on any atom is 0.404 e. The topological polar surface area (TPSA) is 96.4 Å². The summed E-state index contributed by atoms with van der Waals surface area (Å²) < 4.78 is 1.71. The molecule has 0 aliphatic carbocycles. The molecule has 1 aromatic heterocycles. The molecule has 1 aromatic rings. The van der Waals surface area contributed by atoms with Crippen molar-refractivity contribution < 1.29 is 9.90 Å². The van der Waals surface area contributed by atoms with Crippen molar-refractivity contribution in [2.75, 3.05) is 18.0 Å². The molecule has 1 fully saturated rings. The van der Waals surface area contributed by atoms with Crippen LogP contribution in [0.15, 0.2) is 12.4 Å². The minimum atomic E-state index is -1.03. The largest absolute Gasteiger partial charge is 0.465 e. The summed E-state index contributed by atoms with van der Waals surface area (Å²) in [5.74, 6) is 0. The highest BCUT2D eigenvalue weighted by Gasteiger charge is 2.31. The summed E-state index contributed by atoms with van der Waals surface area (Å²) in [5, 5.41) is 15.1. The average Bonchev–Trinajstić information content (AvgIpc) is 2.74. The van der Waals surface area contributed by atoms with Crippen molar-refractivity contribution in [1.82, 2.24) is 15.1 Å². The van der Waals surface area contributed by atoms with Gasteiger partial charge in [-0.15, -0.1) is 0 Å². The summed E-state index contributed by atoms with van der Waals surface area (Å²) in [6.45, 7) is 1.22. The van der Waals surface area contributed by atoms with Crippen LogP contribution in [0.5, 0.6) is 0 Å². The fourth-order valence-corrected chi connectivity index (χ4v) is 1.92. The van der Waals surface area contributed by atoms with Gasteiger partial charge in [-0.2, -0.15) is 5.10 Å². The van der Waals surface area contributed by atoms with Crippen molar-refractivity contribution >= 4 is 11.8 Å². The third-order valence-corrected chi connectivity index (χ3v) is 2.73. The second-order valence-electron chi connectivity index (χ2n) is 4.00. The summed E-state index contributed by atoms with van der Waals surface area (Å²) in [7, 11) is 1.84. The Hall–Kier alpha value is -1.76. The van der Waals surface area contributed by atoms with Crippen molar-refractivity contribution in [3.63, 3.8) is 0 Å². The molecule has 7 heteroatoms. The molecule has 0 unspecified atom stereocenters. The predicted molar refractivity (Wildman–Crippen MR) is 58.3 cm³/mol. The third kappa shape index (κ3) is 2.08. The Balaban J connectivity index is 2.03. The maximum absolute atomic E-state index is 10.5. The highest BCUT2D eigenvalue weighted by atomic mass is 16.4. The van der Waals surface area contributed by atoms with Gasteiger partial charge in [0.2, 0.25) is 0 Å². The van der Waals surface area contributed by atoms with Crippen LogP contribution in [0.4, 0.5) is 10.5 Å². The van der Waals surface area contributed by atoms with Crippen LogP contribution in [-0.2, 0) is 7.05 Å². The number of aryl methyl sites for hydroxylation is 1. The Morgan fingerprint density at radius 1 is 1.69 bits per heavy atom. The number of hydrogen-bond donors (Lipinski definition) is 3. The van der Waals surface area contributed by atoms with Gasteiger partial charge in [0.25, 0.3) is 0 Å². The van der Waals surface area contributed by atoms with E-state index in [-0.39, 0.29) is 12.1 Å². The number of nitrogens with one attached hydrogen (secondary N) is 1. The minimum absolute atomic E-state index is 0.184. The summed E-state index contributed by atoms with van der Waals surface area (Å²) in [4.78, 5) is 12.6. The smallest absolute Gasteiger partial charge is 0.404 e. The Morgan fingerprint density at radius 3 is 3.00 bits per heavy atom. The van der Waals surface area contributed by atoms with E-state index in [0.717, 1.165) is 5.69 Å². The fraction of sp³-hybridized carbons (Fsp3) is 0.556. The molecular weight excluding hydrogens is 210 g/mol. The fourth-order valence-electron chi connectivity index (χ4n) is 1.92. The first kappa shape index (κ1) is 10.7. The van der Waals surface area contributed by atoms with Gasteiger partial charge < -0.3 is 21.1 Å². The van der Waals surface area contributed by atoms with Gasteiger partial charge in [0.1, 0.15) is 0 Å². The van der Waals surface area contributed by atoms with Gasteiger partial charge in [0, 0.05) is 32.4 Å². The molecule has 88 valence electrons. The number of anilines is 1.